The number of hydrogen-bond donors (Lipinski definition) is 0. The standard InChI is InChI=1S/C10H12BrNO2/c1-7(2)14-6-10(13)9-4-3-8(11)5-12-9/h3-5,7H,6H2,1-2H3. The maximum absolute atomic E-state index is 11.5. The van der Waals surface area contributed by atoms with Crippen LogP contribution >= 0.6 is 15.9 Å². The van der Waals surface area contributed by atoms with Gasteiger partial charge in [-0.05, 0) is 41.9 Å². The number of carbonyl (C=O) groups is 1. The molecule has 1 aromatic rings. The number of halogens is 1. The van der Waals surface area contributed by atoms with Crippen LogP contribution in [0.2, 0.25) is 0 Å². The smallest absolute Gasteiger partial charge is 0.206 e. The molecular weight excluding hydrogens is 246 g/mol. The van der Waals surface area contributed by atoms with Crippen molar-refractivity contribution >= 4 is 21.7 Å². The average Bonchev–Trinajstić information content (AvgIpc) is 2.15. The van der Waals surface area contributed by atoms with Gasteiger partial charge in [0, 0.05) is 10.7 Å². The van der Waals surface area contributed by atoms with E-state index in [0.717, 1.165) is 4.47 Å². The van der Waals surface area contributed by atoms with Crippen LogP contribution in [0.3, 0.4) is 0 Å². The Kier molecular flexibility index (Phi) is 4.22. The van der Waals surface area contributed by atoms with E-state index in [1.165, 1.54) is 0 Å². The van der Waals surface area contributed by atoms with Gasteiger partial charge in [0.05, 0.1) is 6.10 Å². The van der Waals surface area contributed by atoms with Gasteiger partial charge in [0.25, 0.3) is 0 Å². The van der Waals surface area contributed by atoms with E-state index in [4.69, 9.17) is 4.74 Å². The van der Waals surface area contributed by atoms with E-state index in [1.54, 1.807) is 18.3 Å². The van der Waals surface area contributed by atoms with Crippen molar-refractivity contribution in [1.29, 1.82) is 0 Å². The molecule has 0 aromatic carbocycles. The SMILES string of the molecule is CC(C)OCC(=O)c1ccc(Br)cn1. The lowest BCUT2D eigenvalue weighted by Gasteiger charge is -2.05. The normalized spacial score (nSPS) is 10.6. The number of nitrogens with zero attached hydrogens (tertiary/aromatic N) is 1. The molecule has 0 spiro atoms. The molecule has 0 unspecified atom stereocenters. The van der Waals surface area contributed by atoms with Crippen LogP contribution in [0.4, 0.5) is 0 Å². The second-order valence-electron chi connectivity index (χ2n) is 3.14. The minimum atomic E-state index is -0.0915. The third-order valence-electron chi connectivity index (χ3n) is 1.56. The van der Waals surface area contributed by atoms with Crippen molar-refractivity contribution in [3.63, 3.8) is 0 Å². The summed E-state index contributed by atoms with van der Waals surface area (Å²) in [7, 11) is 0. The zero-order valence-electron chi connectivity index (χ0n) is 8.16. The second kappa shape index (κ2) is 5.22. The minimum Gasteiger partial charge on any atom is -0.371 e. The van der Waals surface area contributed by atoms with Gasteiger partial charge in [-0.15, -0.1) is 0 Å². The number of pyridine rings is 1. The van der Waals surface area contributed by atoms with Crippen molar-refractivity contribution < 1.29 is 9.53 Å². The van der Waals surface area contributed by atoms with E-state index < -0.39 is 0 Å². The molecule has 0 saturated carbocycles. The maximum Gasteiger partial charge on any atom is 0.206 e. The van der Waals surface area contributed by atoms with Gasteiger partial charge in [0.1, 0.15) is 12.3 Å². The van der Waals surface area contributed by atoms with Crippen molar-refractivity contribution in [1.82, 2.24) is 4.98 Å². The van der Waals surface area contributed by atoms with Gasteiger partial charge in [0.15, 0.2) is 0 Å². The Bertz CT molecular complexity index is 308. The van der Waals surface area contributed by atoms with Crippen molar-refractivity contribution in [2.24, 2.45) is 0 Å². The Morgan fingerprint density at radius 3 is 2.79 bits per heavy atom. The van der Waals surface area contributed by atoms with Crippen molar-refractivity contribution in [2.45, 2.75) is 20.0 Å². The predicted molar refractivity (Wildman–Crippen MR) is 57.4 cm³/mol. The first-order valence-electron chi connectivity index (χ1n) is 4.36. The van der Waals surface area contributed by atoms with Crippen LogP contribution < -0.4 is 0 Å². The summed E-state index contributed by atoms with van der Waals surface area (Å²) < 4.78 is 6.05. The van der Waals surface area contributed by atoms with Gasteiger partial charge >= 0.3 is 0 Å². The van der Waals surface area contributed by atoms with Crippen LogP contribution in [-0.4, -0.2) is 23.5 Å². The van der Waals surface area contributed by atoms with E-state index in [2.05, 4.69) is 20.9 Å². The number of aromatic nitrogens is 1. The third kappa shape index (κ3) is 3.55. The highest BCUT2D eigenvalue weighted by Crippen LogP contribution is 2.08. The maximum atomic E-state index is 11.5. The number of carbonyl (C=O) groups excluding carboxylic acids is 1. The Balaban J connectivity index is 2.57. The lowest BCUT2D eigenvalue weighted by Crippen LogP contribution is -2.14. The largest absolute Gasteiger partial charge is 0.371 e. The van der Waals surface area contributed by atoms with Gasteiger partial charge in [0.2, 0.25) is 5.78 Å². The van der Waals surface area contributed by atoms with Crippen LogP contribution in [0.1, 0.15) is 24.3 Å². The Labute approximate surface area is 91.6 Å². The summed E-state index contributed by atoms with van der Waals surface area (Å²) in [6.07, 6.45) is 1.66. The first kappa shape index (κ1) is 11.3. The number of ether oxygens (including phenoxy) is 1. The third-order valence-corrected chi connectivity index (χ3v) is 2.03. The molecule has 1 aromatic heterocycles. The summed E-state index contributed by atoms with van der Waals surface area (Å²) in [5.74, 6) is -0.0915. The molecule has 0 aliphatic rings. The van der Waals surface area contributed by atoms with Gasteiger partial charge in [-0.3, -0.25) is 9.78 Å². The highest BCUT2D eigenvalue weighted by molar-refractivity contribution is 9.10. The summed E-state index contributed by atoms with van der Waals surface area (Å²) in [4.78, 5) is 15.4. The van der Waals surface area contributed by atoms with Crippen molar-refractivity contribution in [2.75, 3.05) is 6.61 Å². The molecule has 4 heteroatoms. The predicted octanol–water partition coefficient (Wildman–Crippen LogP) is 2.45. The highest BCUT2D eigenvalue weighted by Gasteiger charge is 2.07. The van der Waals surface area contributed by atoms with E-state index in [0.29, 0.717) is 5.69 Å². The van der Waals surface area contributed by atoms with Crippen molar-refractivity contribution in [3.8, 4) is 0 Å². The molecule has 1 rings (SSSR count). The lowest BCUT2D eigenvalue weighted by molar-refractivity contribution is 0.0580. The lowest BCUT2D eigenvalue weighted by atomic mass is 10.2. The first-order valence-corrected chi connectivity index (χ1v) is 5.15. The summed E-state index contributed by atoms with van der Waals surface area (Å²) in [6.45, 7) is 3.87. The van der Waals surface area contributed by atoms with Crippen LogP contribution in [0.15, 0.2) is 22.8 Å². The highest BCUT2D eigenvalue weighted by atomic mass is 79.9. The molecule has 0 N–H and O–H groups in total. The van der Waals surface area contributed by atoms with E-state index in [-0.39, 0.29) is 18.5 Å². The summed E-state index contributed by atoms with van der Waals surface area (Å²) in [5, 5.41) is 0. The van der Waals surface area contributed by atoms with Crippen molar-refractivity contribution in [3.05, 3.63) is 28.5 Å². The molecule has 0 bridgehead atoms. The molecule has 0 atom stereocenters. The molecule has 0 amide bonds. The molecule has 0 fully saturated rings. The topological polar surface area (TPSA) is 39.2 Å². The van der Waals surface area contributed by atoms with E-state index in [9.17, 15) is 4.79 Å². The number of hydrogen-bond acceptors (Lipinski definition) is 3. The van der Waals surface area contributed by atoms with E-state index >= 15 is 0 Å². The molecule has 14 heavy (non-hydrogen) atoms. The monoisotopic (exact) mass is 257 g/mol. The average molecular weight is 258 g/mol. The van der Waals surface area contributed by atoms with Gasteiger partial charge in [-0.25, -0.2) is 0 Å². The molecule has 0 aliphatic carbocycles. The summed E-state index contributed by atoms with van der Waals surface area (Å²) in [5.41, 5.74) is 0.439. The first-order chi connectivity index (χ1) is 6.59. The quantitative estimate of drug-likeness (QED) is 0.778. The fraction of sp³-hybridized carbons (Fsp3) is 0.400. The zero-order valence-corrected chi connectivity index (χ0v) is 9.74. The Hall–Kier alpha value is -0.740. The number of ketones is 1. The molecule has 0 aliphatic heterocycles. The fourth-order valence-corrected chi connectivity index (χ4v) is 1.09. The van der Waals surface area contributed by atoms with Gasteiger partial charge in [-0.1, -0.05) is 0 Å². The fourth-order valence-electron chi connectivity index (χ4n) is 0.857. The van der Waals surface area contributed by atoms with Crippen LogP contribution in [0.5, 0.6) is 0 Å². The Morgan fingerprint density at radius 1 is 1.57 bits per heavy atom. The van der Waals surface area contributed by atoms with E-state index in [1.807, 2.05) is 13.8 Å². The molecular formula is C10H12BrNO2. The number of rotatable bonds is 4. The summed E-state index contributed by atoms with van der Waals surface area (Å²) >= 11 is 3.25. The van der Waals surface area contributed by atoms with Crippen LogP contribution in [-0.2, 0) is 4.74 Å². The van der Waals surface area contributed by atoms with Gasteiger partial charge < -0.3 is 4.74 Å². The zero-order chi connectivity index (χ0) is 10.6. The van der Waals surface area contributed by atoms with Crippen LogP contribution in [0.25, 0.3) is 0 Å². The summed E-state index contributed by atoms with van der Waals surface area (Å²) in [6, 6.07) is 3.46. The molecule has 0 saturated heterocycles. The second-order valence-corrected chi connectivity index (χ2v) is 4.06. The molecule has 1 heterocycles. The number of Topliss-reactive ketones (excluding diaryl/α,β-unsaturated/α-hetero) is 1. The molecule has 3 nitrogen and oxygen atoms in total. The molecule has 76 valence electrons. The Morgan fingerprint density at radius 2 is 2.29 bits per heavy atom. The molecule has 0 radical (unpaired) electrons. The van der Waals surface area contributed by atoms with Crippen LogP contribution in [0, 0.1) is 0 Å². The minimum absolute atomic E-state index is 0.0643. The van der Waals surface area contributed by atoms with Gasteiger partial charge in [-0.2, -0.15) is 0 Å².